The highest BCUT2D eigenvalue weighted by molar-refractivity contribution is 6.42. The van der Waals surface area contributed by atoms with E-state index in [1.807, 2.05) is 6.07 Å². The topological polar surface area (TPSA) is 56.3 Å². The number of rotatable bonds is 4. The molecule has 1 atom stereocenters. The lowest BCUT2D eigenvalue weighted by Gasteiger charge is -2.44. The number of nitrogens with zero attached hydrogens (tertiary/aromatic N) is 4. The number of ether oxygens (including phenoxy) is 1. The first-order chi connectivity index (χ1) is 16.2. The van der Waals surface area contributed by atoms with Crippen molar-refractivity contribution in [3.63, 3.8) is 0 Å². The molecule has 0 bridgehead atoms. The Labute approximate surface area is 213 Å². The van der Waals surface area contributed by atoms with E-state index in [4.69, 9.17) is 27.9 Å². The highest BCUT2D eigenvalue weighted by Crippen LogP contribution is 2.28. The third-order valence-corrected chi connectivity index (χ3v) is 6.69. The summed E-state index contributed by atoms with van der Waals surface area (Å²) in [4.78, 5) is 33.0. The summed E-state index contributed by atoms with van der Waals surface area (Å²) in [6, 6.07) is 4.43. The summed E-state index contributed by atoms with van der Waals surface area (Å²) in [6.07, 6.45) is -5.90. The van der Waals surface area contributed by atoms with Gasteiger partial charge in [-0.25, -0.2) is 4.79 Å². The minimum Gasteiger partial charge on any atom is -0.444 e. The van der Waals surface area contributed by atoms with Crippen LogP contribution >= 0.6 is 23.2 Å². The molecule has 196 valence electrons. The van der Waals surface area contributed by atoms with Gasteiger partial charge in [-0.2, -0.15) is 13.2 Å². The molecule has 0 N–H and O–H groups in total. The maximum Gasteiger partial charge on any atom is 0.411 e. The van der Waals surface area contributed by atoms with Crippen LogP contribution in [-0.4, -0.2) is 96.9 Å². The predicted octanol–water partition coefficient (Wildman–Crippen LogP) is 4.52. The van der Waals surface area contributed by atoms with E-state index in [0.717, 1.165) is 5.69 Å². The fourth-order valence-electron chi connectivity index (χ4n) is 4.16. The van der Waals surface area contributed by atoms with E-state index in [2.05, 4.69) is 4.90 Å². The van der Waals surface area contributed by atoms with Crippen LogP contribution in [0.2, 0.25) is 10.0 Å². The van der Waals surface area contributed by atoms with Gasteiger partial charge in [-0.05, 0) is 39.0 Å². The van der Waals surface area contributed by atoms with E-state index in [1.165, 1.54) is 4.90 Å². The van der Waals surface area contributed by atoms with Crippen molar-refractivity contribution in [3.8, 4) is 0 Å². The first-order valence-electron chi connectivity index (χ1n) is 11.5. The quantitative estimate of drug-likeness (QED) is 0.564. The van der Waals surface area contributed by atoms with Gasteiger partial charge >= 0.3 is 12.3 Å². The molecule has 0 aromatic heterocycles. The molecule has 2 saturated heterocycles. The number of alkyl halides is 3. The van der Waals surface area contributed by atoms with E-state index in [-0.39, 0.29) is 32.1 Å². The summed E-state index contributed by atoms with van der Waals surface area (Å²) in [6.45, 7) is 7.23. The monoisotopic (exact) mass is 538 g/mol. The van der Waals surface area contributed by atoms with Crippen molar-refractivity contribution < 1.29 is 27.5 Å². The number of benzene rings is 1. The Kier molecular flexibility index (Phi) is 8.70. The average molecular weight is 539 g/mol. The largest absolute Gasteiger partial charge is 0.444 e. The molecule has 35 heavy (non-hydrogen) atoms. The summed E-state index contributed by atoms with van der Waals surface area (Å²) in [7, 11) is 0. The first-order valence-corrected chi connectivity index (χ1v) is 12.3. The van der Waals surface area contributed by atoms with Gasteiger partial charge in [0.1, 0.15) is 11.6 Å². The number of halogens is 5. The third kappa shape index (κ3) is 7.79. The molecule has 1 aromatic carbocycles. The molecule has 7 nitrogen and oxygen atoms in total. The van der Waals surface area contributed by atoms with Crippen LogP contribution in [0, 0.1) is 0 Å². The third-order valence-electron chi connectivity index (χ3n) is 5.95. The van der Waals surface area contributed by atoms with Gasteiger partial charge in [-0.15, -0.1) is 0 Å². The number of hydrogen-bond donors (Lipinski definition) is 0. The van der Waals surface area contributed by atoms with E-state index >= 15 is 0 Å². The number of carbonyl (C=O) groups is 2. The number of hydrogen-bond acceptors (Lipinski definition) is 5. The van der Waals surface area contributed by atoms with Crippen LogP contribution < -0.4 is 4.90 Å². The summed E-state index contributed by atoms with van der Waals surface area (Å²) in [5.41, 5.74) is 0.127. The lowest BCUT2D eigenvalue weighted by molar-refractivity contribution is -0.144. The van der Waals surface area contributed by atoms with Crippen molar-refractivity contribution in [1.82, 2.24) is 14.7 Å². The van der Waals surface area contributed by atoms with E-state index in [1.54, 1.807) is 42.7 Å². The lowest BCUT2D eigenvalue weighted by atomic mass is 10.1. The van der Waals surface area contributed by atoms with Gasteiger partial charge in [0.25, 0.3) is 0 Å². The molecule has 12 heteroatoms. The van der Waals surface area contributed by atoms with Crippen molar-refractivity contribution in [1.29, 1.82) is 0 Å². The molecule has 2 aliphatic rings. The summed E-state index contributed by atoms with van der Waals surface area (Å²) < 4.78 is 43.8. The van der Waals surface area contributed by atoms with Crippen LogP contribution in [0.5, 0.6) is 0 Å². The fraction of sp³-hybridized carbons (Fsp3) is 0.652. The number of anilines is 1. The van der Waals surface area contributed by atoms with Crippen molar-refractivity contribution in [2.75, 3.05) is 57.3 Å². The van der Waals surface area contributed by atoms with Crippen LogP contribution in [0.1, 0.15) is 27.2 Å². The Bertz CT molecular complexity index is 918. The standard InChI is InChI=1S/C23H31Cl2F3N4O3/c1-22(2,3)35-21(34)32-13-8-29(7-6-23(26,27)28)15-19(32)20(33)31-11-9-30(10-12-31)16-4-5-17(24)18(25)14-16/h4-5,14,19H,6-13,15H2,1-3H3/t19-/m1/s1. The van der Waals surface area contributed by atoms with Gasteiger partial charge in [0.15, 0.2) is 0 Å². The van der Waals surface area contributed by atoms with Crippen molar-refractivity contribution in [2.24, 2.45) is 0 Å². The first kappa shape index (κ1) is 27.7. The fourth-order valence-corrected chi connectivity index (χ4v) is 4.45. The molecular weight excluding hydrogens is 508 g/mol. The Morgan fingerprint density at radius 2 is 1.66 bits per heavy atom. The second kappa shape index (κ2) is 11.0. The second-order valence-corrected chi connectivity index (χ2v) is 10.6. The molecule has 2 fully saturated rings. The lowest BCUT2D eigenvalue weighted by Crippen LogP contribution is -2.63. The number of carbonyl (C=O) groups excluding carboxylic acids is 2. The highest BCUT2D eigenvalue weighted by atomic mass is 35.5. The molecule has 2 amide bonds. The zero-order valence-corrected chi connectivity index (χ0v) is 21.6. The zero-order valence-electron chi connectivity index (χ0n) is 20.1. The molecule has 0 spiro atoms. The zero-order chi connectivity index (χ0) is 26.0. The van der Waals surface area contributed by atoms with E-state index in [9.17, 15) is 22.8 Å². The average Bonchev–Trinajstić information content (AvgIpc) is 2.77. The molecule has 0 radical (unpaired) electrons. The normalized spacial score (nSPS) is 20.2. The van der Waals surface area contributed by atoms with Crippen LogP contribution in [-0.2, 0) is 9.53 Å². The van der Waals surface area contributed by atoms with Gasteiger partial charge in [0, 0.05) is 58.0 Å². The van der Waals surface area contributed by atoms with E-state index in [0.29, 0.717) is 36.2 Å². The Morgan fingerprint density at radius 1 is 1.00 bits per heavy atom. The molecule has 2 aliphatic heterocycles. The maximum absolute atomic E-state index is 13.5. The minimum atomic E-state index is -4.29. The molecule has 2 heterocycles. The molecule has 0 unspecified atom stereocenters. The molecule has 0 saturated carbocycles. The Hall–Kier alpha value is -1.91. The van der Waals surface area contributed by atoms with E-state index < -0.39 is 30.3 Å². The van der Waals surface area contributed by atoms with Crippen molar-refractivity contribution in [2.45, 2.75) is 45.0 Å². The van der Waals surface area contributed by atoms with Gasteiger partial charge in [-0.3, -0.25) is 14.6 Å². The molecule has 3 rings (SSSR count). The molecular formula is C23H31Cl2F3N4O3. The Morgan fingerprint density at radius 3 is 2.23 bits per heavy atom. The molecule has 1 aromatic rings. The second-order valence-electron chi connectivity index (χ2n) is 9.77. The van der Waals surface area contributed by atoms with Crippen LogP contribution in [0.25, 0.3) is 0 Å². The maximum atomic E-state index is 13.5. The van der Waals surface area contributed by atoms with Crippen LogP contribution in [0.15, 0.2) is 18.2 Å². The van der Waals surface area contributed by atoms with Gasteiger partial charge < -0.3 is 14.5 Å². The van der Waals surface area contributed by atoms with Crippen LogP contribution in [0.4, 0.5) is 23.7 Å². The van der Waals surface area contributed by atoms with Gasteiger partial charge in [0.2, 0.25) is 5.91 Å². The predicted molar refractivity (Wildman–Crippen MR) is 129 cm³/mol. The number of amides is 2. The summed E-state index contributed by atoms with van der Waals surface area (Å²) in [5, 5.41) is 0.899. The number of piperazine rings is 2. The van der Waals surface area contributed by atoms with Gasteiger partial charge in [0.05, 0.1) is 16.5 Å². The smallest absolute Gasteiger partial charge is 0.411 e. The summed E-state index contributed by atoms with van der Waals surface area (Å²) in [5.74, 6) is -0.290. The molecule has 0 aliphatic carbocycles. The Balaban J connectivity index is 1.69. The van der Waals surface area contributed by atoms with Crippen molar-refractivity contribution >= 4 is 40.9 Å². The van der Waals surface area contributed by atoms with Gasteiger partial charge in [-0.1, -0.05) is 23.2 Å². The summed E-state index contributed by atoms with van der Waals surface area (Å²) >= 11 is 12.1. The highest BCUT2D eigenvalue weighted by Gasteiger charge is 2.41. The van der Waals surface area contributed by atoms with Crippen molar-refractivity contribution in [3.05, 3.63) is 28.2 Å². The van der Waals surface area contributed by atoms with Crippen LogP contribution in [0.3, 0.4) is 0 Å². The SMILES string of the molecule is CC(C)(C)OC(=O)N1CCN(CCC(F)(F)F)C[C@@H]1C(=O)N1CCN(c2ccc(Cl)c(Cl)c2)CC1. The minimum absolute atomic E-state index is 0.0289.